The monoisotopic (exact) mass is 695 g/mol. The lowest BCUT2D eigenvalue weighted by molar-refractivity contribution is -0.123. The fourth-order valence-corrected chi connectivity index (χ4v) is 11.8. The van der Waals surface area contributed by atoms with Crippen molar-refractivity contribution in [3.63, 3.8) is 0 Å². The minimum atomic E-state index is -3.62. The smallest absolute Gasteiger partial charge is 0.257 e. The van der Waals surface area contributed by atoms with Gasteiger partial charge in [0.25, 0.3) is 5.56 Å². The zero-order valence-corrected chi connectivity index (χ0v) is 29.7. The lowest BCUT2D eigenvalue weighted by atomic mass is 9.70. The molecule has 7 rings (SSSR count). The van der Waals surface area contributed by atoms with Gasteiger partial charge in [-0.15, -0.1) is 11.6 Å². The number of ether oxygens (including phenoxy) is 1. The molecular formula is C33H50ClN5O5S2. The molecule has 3 heterocycles. The molecule has 0 bridgehead atoms. The van der Waals surface area contributed by atoms with E-state index in [-0.39, 0.29) is 40.3 Å². The number of fused-ring (bicyclic) bond motifs is 2. The SMILES string of the molecule is Cc1nc2c(c(=O)n1CCOC1CCC(Cl)CC1C1CC(C)NC3C(C(=O)NS(C)(=O)=O)CSC13)C[C@H](N(C1CC1)C1CC1)CC2. The van der Waals surface area contributed by atoms with Crippen LogP contribution in [-0.2, 0) is 38.9 Å². The highest BCUT2D eigenvalue weighted by Gasteiger charge is 2.52. The first-order valence-electron chi connectivity index (χ1n) is 17.5. The fraction of sp³-hybridized carbons (Fsp3) is 0.848. The number of hydrogen-bond donors (Lipinski definition) is 2. The first-order valence-corrected chi connectivity index (χ1v) is 20.9. The van der Waals surface area contributed by atoms with Crippen LogP contribution < -0.4 is 15.6 Å². The summed E-state index contributed by atoms with van der Waals surface area (Å²) in [5.74, 6) is 1.05. The van der Waals surface area contributed by atoms with E-state index in [1.807, 2.05) is 11.5 Å². The highest BCUT2D eigenvalue weighted by molar-refractivity contribution is 8.00. The number of rotatable bonds is 10. The van der Waals surface area contributed by atoms with Crippen LogP contribution >= 0.6 is 23.4 Å². The van der Waals surface area contributed by atoms with Gasteiger partial charge in [0.1, 0.15) is 5.82 Å². The van der Waals surface area contributed by atoms with E-state index in [1.165, 1.54) is 25.7 Å². The molecule has 13 heteroatoms. The molecule has 256 valence electrons. The van der Waals surface area contributed by atoms with Gasteiger partial charge in [-0.1, -0.05) is 0 Å². The largest absolute Gasteiger partial charge is 0.376 e. The van der Waals surface area contributed by atoms with Crippen molar-refractivity contribution < 1.29 is 17.9 Å². The second kappa shape index (κ2) is 13.3. The maximum absolute atomic E-state index is 13.9. The second-order valence-electron chi connectivity index (χ2n) is 15.0. The summed E-state index contributed by atoms with van der Waals surface area (Å²) in [5, 5.41) is 3.88. The van der Waals surface area contributed by atoms with Crippen LogP contribution in [-0.4, -0.2) is 94.3 Å². The summed E-state index contributed by atoms with van der Waals surface area (Å²) in [4.78, 5) is 34.5. The highest BCUT2D eigenvalue weighted by Crippen LogP contribution is 2.48. The van der Waals surface area contributed by atoms with Crippen molar-refractivity contribution in [2.24, 2.45) is 17.8 Å². The van der Waals surface area contributed by atoms with Crippen LogP contribution in [0, 0.1) is 24.7 Å². The van der Waals surface area contributed by atoms with Crippen molar-refractivity contribution in [1.82, 2.24) is 24.5 Å². The molecule has 2 saturated heterocycles. The molecule has 5 fully saturated rings. The first kappa shape index (κ1) is 33.3. The molecular weight excluding hydrogens is 646 g/mol. The number of piperidine rings is 1. The summed E-state index contributed by atoms with van der Waals surface area (Å²) >= 11 is 8.55. The Morgan fingerprint density at radius 1 is 1.11 bits per heavy atom. The predicted octanol–water partition coefficient (Wildman–Crippen LogP) is 3.00. The van der Waals surface area contributed by atoms with Gasteiger partial charge in [-0.2, -0.15) is 11.8 Å². The summed E-state index contributed by atoms with van der Waals surface area (Å²) in [6.07, 6.45) is 12.6. The zero-order valence-electron chi connectivity index (χ0n) is 27.3. The van der Waals surface area contributed by atoms with E-state index in [1.54, 1.807) is 11.8 Å². The molecule has 1 amide bonds. The molecule has 9 atom stereocenters. The molecule has 0 aromatic carbocycles. The number of carbonyl (C=O) groups is 1. The molecule has 46 heavy (non-hydrogen) atoms. The molecule has 2 N–H and O–H groups in total. The van der Waals surface area contributed by atoms with Crippen LogP contribution in [0.4, 0.5) is 0 Å². The molecule has 1 aromatic rings. The fourth-order valence-electron chi connectivity index (χ4n) is 9.15. The number of sulfonamides is 1. The maximum Gasteiger partial charge on any atom is 0.257 e. The number of hydrogen-bond acceptors (Lipinski definition) is 9. The molecule has 4 aliphatic carbocycles. The van der Waals surface area contributed by atoms with Crippen molar-refractivity contribution in [3.05, 3.63) is 27.4 Å². The van der Waals surface area contributed by atoms with E-state index in [9.17, 15) is 18.0 Å². The van der Waals surface area contributed by atoms with Crippen molar-refractivity contribution >= 4 is 39.3 Å². The van der Waals surface area contributed by atoms with Gasteiger partial charge in [0.2, 0.25) is 15.9 Å². The van der Waals surface area contributed by atoms with Crippen LogP contribution in [0.15, 0.2) is 4.79 Å². The number of amides is 1. The number of halogens is 1. The van der Waals surface area contributed by atoms with Gasteiger partial charge in [0, 0.05) is 52.2 Å². The number of carbonyl (C=O) groups excluding carboxylic acids is 1. The molecule has 2 aliphatic heterocycles. The van der Waals surface area contributed by atoms with Crippen molar-refractivity contribution in [2.75, 3.05) is 18.6 Å². The van der Waals surface area contributed by atoms with E-state index < -0.39 is 21.8 Å². The Bertz CT molecular complexity index is 1470. The Morgan fingerprint density at radius 2 is 1.85 bits per heavy atom. The van der Waals surface area contributed by atoms with E-state index in [4.69, 9.17) is 21.3 Å². The van der Waals surface area contributed by atoms with Gasteiger partial charge in [-0.3, -0.25) is 23.8 Å². The Labute approximate surface area is 282 Å². The van der Waals surface area contributed by atoms with Crippen LogP contribution in [0.25, 0.3) is 0 Å². The lowest BCUT2D eigenvalue weighted by Gasteiger charge is -2.47. The van der Waals surface area contributed by atoms with Crippen LogP contribution in [0.3, 0.4) is 0 Å². The summed E-state index contributed by atoms with van der Waals surface area (Å²) in [6, 6.07) is 2.00. The van der Waals surface area contributed by atoms with E-state index in [0.717, 1.165) is 80.4 Å². The van der Waals surface area contributed by atoms with Gasteiger partial charge in [0.15, 0.2) is 0 Å². The highest BCUT2D eigenvalue weighted by atomic mass is 35.5. The topological polar surface area (TPSA) is 123 Å². The molecule has 8 unspecified atom stereocenters. The number of thioether (sulfide) groups is 1. The summed E-state index contributed by atoms with van der Waals surface area (Å²) < 4.78 is 34.3. The van der Waals surface area contributed by atoms with Gasteiger partial charge in [-0.05, 0) is 96.3 Å². The standard InChI is InChI=1S/C33H50ClN5O5S2/c1-18-14-25(31-30(35-18)27(17-45-31)32(40)37-46(3,42)43)24-15-20(34)4-11-29(24)44-13-12-38-19(2)36-28-10-9-23(16-26(28)33(38)41)39(21-5-6-21)22-7-8-22/h18,20-25,27,29-31,35H,4-17H2,1-3H3,(H,37,40)/t18?,20?,23-,24?,25?,27?,29?,30?,31?/m1/s1. The Balaban J connectivity index is 1.03. The normalized spacial score (nSPS) is 36.3. The van der Waals surface area contributed by atoms with Gasteiger partial charge in [0.05, 0.1) is 37.1 Å². The quantitative estimate of drug-likeness (QED) is 0.356. The number of nitrogens with zero attached hydrogens (tertiary/aromatic N) is 3. The van der Waals surface area contributed by atoms with E-state index >= 15 is 0 Å². The average molecular weight is 696 g/mol. The van der Waals surface area contributed by atoms with Gasteiger partial charge < -0.3 is 10.1 Å². The zero-order chi connectivity index (χ0) is 32.3. The third-order valence-electron chi connectivity index (χ3n) is 11.4. The number of aromatic nitrogens is 2. The van der Waals surface area contributed by atoms with Gasteiger partial charge in [-0.25, -0.2) is 13.4 Å². The van der Waals surface area contributed by atoms with Crippen molar-refractivity contribution in [3.8, 4) is 0 Å². The third kappa shape index (κ3) is 7.08. The second-order valence-corrected chi connectivity index (χ2v) is 18.5. The lowest BCUT2D eigenvalue weighted by Crippen LogP contribution is -2.58. The first-order chi connectivity index (χ1) is 22.0. The summed E-state index contributed by atoms with van der Waals surface area (Å²) in [5.41, 5.74) is 2.02. The Hall–Kier alpha value is -1.18. The molecule has 1 aromatic heterocycles. The van der Waals surface area contributed by atoms with Crippen molar-refractivity contribution in [2.45, 2.75) is 138 Å². The van der Waals surface area contributed by atoms with Crippen LogP contribution in [0.1, 0.15) is 81.8 Å². The van der Waals surface area contributed by atoms with Crippen LogP contribution in [0.2, 0.25) is 0 Å². The molecule has 0 radical (unpaired) electrons. The molecule has 6 aliphatic rings. The summed E-state index contributed by atoms with van der Waals surface area (Å²) in [7, 11) is -3.62. The van der Waals surface area contributed by atoms with Crippen molar-refractivity contribution in [1.29, 1.82) is 0 Å². The van der Waals surface area contributed by atoms with Crippen LogP contribution in [0.5, 0.6) is 0 Å². The summed E-state index contributed by atoms with van der Waals surface area (Å²) in [6.45, 7) is 5.01. The minimum absolute atomic E-state index is 0.0204. The molecule has 0 spiro atoms. The Kier molecular flexibility index (Phi) is 9.61. The van der Waals surface area contributed by atoms with E-state index in [0.29, 0.717) is 30.9 Å². The number of alkyl halides is 1. The minimum Gasteiger partial charge on any atom is -0.376 e. The Morgan fingerprint density at radius 3 is 2.54 bits per heavy atom. The van der Waals surface area contributed by atoms with Gasteiger partial charge >= 0.3 is 0 Å². The van der Waals surface area contributed by atoms with E-state index in [2.05, 4.69) is 21.9 Å². The number of aryl methyl sites for hydroxylation is 2. The average Bonchev–Trinajstić information content (AvgIpc) is 3.94. The number of nitrogens with one attached hydrogen (secondary N) is 2. The predicted molar refractivity (Wildman–Crippen MR) is 181 cm³/mol. The molecule has 3 saturated carbocycles. The third-order valence-corrected chi connectivity index (χ3v) is 14.0. The maximum atomic E-state index is 13.9. The molecule has 10 nitrogen and oxygen atoms in total.